The lowest BCUT2D eigenvalue weighted by atomic mass is 9.91. The van der Waals surface area contributed by atoms with Crippen LogP contribution in [0.25, 0.3) is 0 Å². The van der Waals surface area contributed by atoms with Crippen molar-refractivity contribution < 1.29 is 43.2 Å². The number of hydrogen-bond acceptors (Lipinski definition) is 13. The molecular weight excluding hydrogens is 1460 g/mol. The van der Waals surface area contributed by atoms with Gasteiger partial charge in [-0.2, -0.15) is 0 Å². The quantitative estimate of drug-likeness (QED) is 0.0351. The average molecular weight is 1670 g/mol. The summed E-state index contributed by atoms with van der Waals surface area (Å²) in [5.41, 5.74) is 0. The molecule has 0 heterocycles. The first-order chi connectivity index (χ1) is 57.9. The minimum Gasteiger partial charge on any atom is -0.465 e. The number of carbonyl (C=O) groups excluding carboxylic acids is 4. The third kappa shape index (κ3) is 71.9. The van der Waals surface area contributed by atoms with E-state index in [9.17, 15) is 24.3 Å². The van der Waals surface area contributed by atoms with E-state index >= 15 is 0 Å². The highest BCUT2D eigenvalue weighted by Gasteiger charge is 2.27. The fourth-order valence-electron chi connectivity index (χ4n) is 17.9. The van der Waals surface area contributed by atoms with Gasteiger partial charge in [-0.05, 0) is 191 Å². The van der Waals surface area contributed by atoms with Gasteiger partial charge in [0.15, 0.2) is 0 Å². The molecule has 0 saturated heterocycles. The van der Waals surface area contributed by atoms with E-state index in [2.05, 4.69) is 81.9 Å². The Kier molecular flexibility index (Phi) is 84.9. The summed E-state index contributed by atoms with van der Waals surface area (Å²) in [6.45, 7) is 33.7. The Bertz CT molecular complexity index is 1850. The number of hydrogen-bond donors (Lipinski definition) is 1. The van der Waals surface area contributed by atoms with Crippen LogP contribution in [-0.4, -0.2) is 159 Å². The van der Waals surface area contributed by atoms with Crippen molar-refractivity contribution in [3.05, 3.63) is 0 Å². The van der Waals surface area contributed by atoms with Crippen molar-refractivity contribution >= 4 is 23.9 Å². The second-order valence-corrected chi connectivity index (χ2v) is 37.7. The van der Waals surface area contributed by atoms with Crippen molar-refractivity contribution in [2.45, 2.75) is 530 Å². The molecule has 0 aromatic rings. The lowest BCUT2D eigenvalue weighted by Gasteiger charge is -2.38. The van der Waals surface area contributed by atoms with Gasteiger partial charge >= 0.3 is 23.9 Å². The average Bonchev–Trinajstić information content (AvgIpc) is 0.877. The van der Waals surface area contributed by atoms with E-state index in [0.717, 1.165) is 142 Å². The van der Waals surface area contributed by atoms with Crippen LogP contribution >= 0.6 is 0 Å². The summed E-state index contributed by atoms with van der Waals surface area (Å²) in [7, 11) is 0. The molecule has 1 N–H and O–H groups in total. The van der Waals surface area contributed by atoms with Crippen LogP contribution in [-0.2, 0) is 38.1 Å². The highest BCUT2D eigenvalue weighted by Crippen LogP contribution is 2.29. The number of nitrogens with zero attached hydrogens (tertiary/aromatic N) is 4. The molecule has 2 aliphatic carbocycles. The molecule has 2 fully saturated rings. The molecule has 4 unspecified atom stereocenters. The molecule has 2 rings (SSSR count). The fraction of sp³-hybridized carbons (Fsp3) is 0.962. The third-order valence-corrected chi connectivity index (χ3v) is 26.6. The van der Waals surface area contributed by atoms with E-state index in [0.29, 0.717) is 81.8 Å². The van der Waals surface area contributed by atoms with Gasteiger partial charge < -0.3 is 33.9 Å². The SMILES string of the molecule is CCCCCCCCC(CCCCCC)COC(=O)CCCCCN(CCCCCC(=O)OCC(CCCCCC)CCCCCCCC)CCN(CCC)C1CCC1.CCCCCCCCC(CCCCCC)COC(=O)CCCCCN(CCCCCC(=O)OCC(CCCCCC)CCCCCCCC)CCN(CCO)C1CCC1. The Balaban J connectivity index is 0.00000118. The standard InChI is InChI=1S/C53H104N2O4.C52H102N2O5/c1-6-11-15-19-21-27-36-49(34-25-17-13-8-3)47-58-52(56)40-29-23-31-43-54(45-46-55(42-10-5)51-38-33-39-51)44-32-24-30-41-53(57)59-48-50(35-26-18-14-9-4)37-28-22-20-16-12-7-2;1-5-9-13-17-19-25-34-48(32-23-15-11-7-3)46-58-51(56)38-27-21-29-40-53(42-43-54(44-45-55)50-36-31-37-50)41-30-22-28-39-52(57)59-47-49(33-24-16-12-8-4)35-26-20-18-14-10-6-2/h49-51H,6-48H2,1-5H3;48-50,55H,5-47H2,1-4H3. The maximum absolute atomic E-state index is 12.8. The van der Waals surface area contributed by atoms with Crippen LogP contribution < -0.4 is 0 Å². The van der Waals surface area contributed by atoms with Gasteiger partial charge in [-0.3, -0.25) is 29.0 Å². The second kappa shape index (κ2) is 88.1. The molecule has 0 aromatic heterocycles. The van der Waals surface area contributed by atoms with Crippen LogP contribution in [0.5, 0.6) is 0 Å². The molecule has 13 nitrogen and oxygen atoms in total. The molecule has 0 radical (unpaired) electrons. The number of aliphatic hydroxyl groups excluding tert-OH is 1. The van der Waals surface area contributed by atoms with E-state index in [-0.39, 0.29) is 30.5 Å². The highest BCUT2D eigenvalue weighted by molar-refractivity contribution is 5.70. The molecule has 700 valence electrons. The zero-order chi connectivity index (χ0) is 85.7. The number of carbonyl (C=O) groups is 4. The lowest BCUT2D eigenvalue weighted by Crippen LogP contribution is -2.45. The molecule has 4 atom stereocenters. The van der Waals surface area contributed by atoms with Crippen LogP contribution in [0.3, 0.4) is 0 Å². The van der Waals surface area contributed by atoms with E-state index in [1.165, 1.54) is 360 Å². The van der Waals surface area contributed by atoms with Gasteiger partial charge in [-0.15, -0.1) is 0 Å². The molecule has 2 aliphatic rings. The van der Waals surface area contributed by atoms with Crippen molar-refractivity contribution in [2.75, 3.05) is 98.5 Å². The first-order valence-corrected chi connectivity index (χ1v) is 53.1. The number of esters is 4. The summed E-state index contributed by atoms with van der Waals surface area (Å²) in [6.07, 6.45) is 85.5. The molecule has 0 spiro atoms. The van der Waals surface area contributed by atoms with Crippen molar-refractivity contribution in [1.29, 1.82) is 0 Å². The number of unbranched alkanes of at least 4 members (excludes halogenated alkanes) is 40. The summed E-state index contributed by atoms with van der Waals surface area (Å²) < 4.78 is 23.5. The van der Waals surface area contributed by atoms with Crippen LogP contribution in [0, 0.1) is 23.7 Å². The molecule has 0 aliphatic heterocycles. The highest BCUT2D eigenvalue weighted by atomic mass is 16.5. The van der Waals surface area contributed by atoms with Crippen molar-refractivity contribution in [2.24, 2.45) is 23.7 Å². The molecule has 0 amide bonds. The normalized spacial score (nSPS) is 14.2. The topological polar surface area (TPSA) is 138 Å². The monoisotopic (exact) mass is 1670 g/mol. The minimum absolute atomic E-state index is 0.0117. The van der Waals surface area contributed by atoms with Crippen molar-refractivity contribution in [3.63, 3.8) is 0 Å². The molecule has 118 heavy (non-hydrogen) atoms. The van der Waals surface area contributed by atoms with Crippen LogP contribution in [0.15, 0.2) is 0 Å². The Hall–Kier alpha value is -2.32. The van der Waals surface area contributed by atoms with Crippen molar-refractivity contribution in [3.8, 4) is 0 Å². The number of ether oxygens (including phenoxy) is 4. The van der Waals surface area contributed by atoms with Crippen LogP contribution in [0.2, 0.25) is 0 Å². The van der Waals surface area contributed by atoms with Gasteiger partial charge in [0.05, 0.1) is 33.0 Å². The van der Waals surface area contributed by atoms with E-state index in [1.807, 2.05) is 0 Å². The maximum Gasteiger partial charge on any atom is 0.305 e. The zero-order valence-electron chi connectivity index (χ0n) is 80.8. The Morgan fingerprint density at radius 3 is 0.644 bits per heavy atom. The third-order valence-electron chi connectivity index (χ3n) is 26.6. The van der Waals surface area contributed by atoms with Crippen molar-refractivity contribution in [1.82, 2.24) is 19.6 Å². The Morgan fingerprint density at radius 2 is 0.441 bits per heavy atom. The predicted molar refractivity (Wildman–Crippen MR) is 507 cm³/mol. The summed E-state index contributed by atoms with van der Waals surface area (Å²) in [5, 5.41) is 9.73. The predicted octanol–water partition coefficient (Wildman–Crippen LogP) is 29.5. The Morgan fingerprint density at radius 1 is 0.237 bits per heavy atom. The smallest absolute Gasteiger partial charge is 0.305 e. The summed E-state index contributed by atoms with van der Waals surface area (Å²) >= 11 is 0. The van der Waals surface area contributed by atoms with Gasteiger partial charge in [-0.1, -0.05) is 358 Å². The second-order valence-electron chi connectivity index (χ2n) is 37.7. The van der Waals surface area contributed by atoms with Gasteiger partial charge in [0.2, 0.25) is 0 Å². The van der Waals surface area contributed by atoms with Gasteiger partial charge in [0, 0.05) is 70.5 Å². The van der Waals surface area contributed by atoms with Gasteiger partial charge in [-0.25, -0.2) is 0 Å². The van der Waals surface area contributed by atoms with Gasteiger partial charge in [0.25, 0.3) is 0 Å². The molecule has 0 aromatic carbocycles. The van der Waals surface area contributed by atoms with Crippen LogP contribution in [0.1, 0.15) is 518 Å². The molecule has 0 bridgehead atoms. The van der Waals surface area contributed by atoms with E-state index < -0.39 is 0 Å². The minimum atomic E-state index is -0.0117. The fourth-order valence-corrected chi connectivity index (χ4v) is 17.9. The van der Waals surface area contributed by atoms with E-state index in [1.54, 1.807) is 0 Å². The van der Waals surface area contributed by atoms with Crippen LogP contribution in [0.4, 0.5) is 0 Å². The lowest BCUT2D eigenvalue weighted by molar-refractivity contribution is -0.146. The van der Waals surface area contributed by atoms with Gasteiger partial charge in [0.1, 0.15) is 0 Å². The molecule has 2 saturated carbocycles. The summed E-state index contributed by atoms with van der Waals surface area (Å²) in [4.78, 5) is 61.7. The largest absolute Gasteiger partial charge is 0.465 e. The first kappa shape index (κ1) is 114. The Labute approximate surface area is 735 Å². The number of aliphatic hydroxyl groups is 1. The zero-order valence-corrected chi connectivity index (χ0v) is 80.8. The summed E-state index contributed by atoms with van der Waals surface area (Å²) in [6, 6.07) is 1.42. The maximum atomic E-state index is 12.8. The molecular formula is C105H206N4O9. The number of rotatable bonds is 92. The van der Waals surface area contributed by atoms with E-state index in [4.69, 9.17) is 18.9 Å². The summed E-state index contributed by atoms with van der Waals surface area (Å²) in [5.74, 6) is 2.10. The first-order valence-electron chi connectivity index (χ1n) is 53.1. The molecule has 13 heteroatoms.